The molecule has 1 aromatic heterocycles. The summed E-state index contributed by atoms with van der Waals surface area (Å²) in [6.07, 6.45) is 8.46. The number of ether oxygens (including phenoxy) is 1. The van der Waals surface area contributed by atoms with Crippen LogP contribution in [0.15, 0.2) is 12.3 Å². The van der Waals surface area contributed by atoms with Crippen LogP contribution in [0.2, 0.25) is 0 Å². The normalized spacial score (nSPS) is 39.0. The van der Waals surface area contributed by atoms with E-state index < -0.39 is 0 Å². The maximum absolute atomic E-state index is 9.10. The van der Waals surface area contributed by atoms with Gasteiger partial charge in [0.05, 0.1) is 6.20 Å². The van der Waals surface area contributed by atoms with Crippen LogP contribution in [0, 0.1) is 35.0 Å². The molecule has 0 atom stereocenters. The van der Waals surface area contributed by atoms with Crippen molar-refractivity contribution in [2.24, 2.45) is 23.7 Å². The summed E-state index contributed by atoms with van der Waals surface area (Å²) in [6, 6.07) is 3.82. The second kappa shape index (κ2) is 4.19. The van der Waals surface area contributed by atoms with E-state index in [1.807, 2.05) is 0 Å². The Balaban J connectivity index is 1.59. The van der Waals surface area contributed by atoms with Crippen molar-refractivity contribution >= 4 is 0 Å². The topological polar surface area (TPSA) is 58.8 Å². The lowest BCUT2D eigenvalue weighted by molar-refractivity contribution is -0.0808. The Morgan fingerprint density at radius 2 is 1.79 bits per heavy atom. The summed E-state index contributed by atoms with van der Waals surface area (Å²) in [7, 11) is 0. The number of rotatable bonds is 2. The van der Waals surface area contributed by atoms with Crippen LogP contribution in [-0.4, -0.2) is 16.3 Å². The molecule has 0 aliphatic heterocycles. The molecule has 4 fully saturated rings. The van der Waals surface area contributed by atoms with Gasteiger partial charge in [0.15, 0.2) is 0 Å². The fraction of sp³-hybridized carbons (Fsp3) is 0.667. The minimum absolute atomic E-state index is 0.261. The number of nitrogens with zero attached hydrogens (tertiary/aromatic N) is 3. The molecule has 19 heavy (non-hydrogen) atoms. The Hall–Kier alpha value is -1.63. The SMILES string of the molecule is N#Cc1ccnnc1OC1C2CC3CC(C2)CC1C3. The van der Waals surface area contributed by atoms with Crippen molar-refractivity contribution in [1.82, 2.24) is 10.2 Å². The number of hydrogen-bond donors (Lipinski definition) is 0. The Labute approximate surface area is 112 Å². The first-order valence-corrected chi connectivity index (χ1v) is 7.22. The van der Waals surface area contributed by atoms with E-state index in [9.17, 15) is 0 Å². The highest BCUT2D eigenvalue weighted by Crippen LogP contribution is 2.54. The molecule has 4 nitrogen and oxygen atoms in total. The van der Waals surface area contributed by atoms with E-state index in [1.54, 1.807) is 12.3 Å². The first-order valence-electron chi connectivity index (χ1n) is 7.22. The molecule has 0 amide bonds. The molecule has 0 aromatic carbocycles. The molecule has 4 aliphatic carbocycles. The summed E-state index contributed by atoms with van der Waals surface area (Å²) in [4.78, 5) is 0. The van der Waals surface area contributed by atoms with Crippen LogP contribution < -0.4 is 4.74 Å². The molecule has 0 spiro atoms. The quantitative estimate of drug-likeness (QED) is 0.815. The Bertz CT molecular complexity index is 508. The first kappa shape index (κ1) is 11.2. The van der Waals surface area contributed by atoms with Gasteiger partial charge in [-0.3, -0.25) is 0 Å². The average molecular weight is 255 g/mol. The van der Waals surface area contributed by atoms with Crippen LogP contribution in [0.1, 0.15) is 37.7 Å². The van der Waals surface area contributed by atoms with E-state index in [0.717, 1.165) is 11.8 Å². The third kappa shape index (κ3) is 1.80. The van der Waals surface area contributed by atoms with Crippen molar-refractivity contribution in [3.05, 3.63) is 17.8 Å². The van der Waals surface area contributed by atoms with Gasteiger partial charge in [0.25, 0.3) is 5.88 Å². The predicted octanol–water partition coefficient (Wildman–Crippen LogP) is 2.55. The molecular weight excluding hydrogens is 238 g/mol. The van der Waals surface area contributed by atoms with Crippen LogP contribution in [0.5, 0.6) is 5.88 Å². The van der Waals surface area contributed by atoms with Crippen LogP contribution in [-0.2, 0) is 0 Å². The summed E-state index contributed by atoms with van der Waals surface area (Å²) < 4.78 is 6.12. The highest BCUT2D eigenvalue weighted by Gasteiger charge is 2.49. The van der Waals surface area contributed by atoms with Gasteiger partial charge < -0.3 is 4.74 Å². The molecule has 0 radical (unpaired) electrons. The zero-order valence-corrected chi connectivity index (χ0v) is 10.8. The highest BCUT2D eigenvalue weighted by molar-refractivity contribution is 5.35. The summed E-state index contributed by atoms with van der Waals surface area (Å²) in [6.45, 7) is 0. The Kier molecular flexibility index (Phi) is 2.48. The van der Waals surface area contributed by atoms with Gasteiger partial charge in [-0.2, -0.15) is 10.4 Å². The van der Waals surface area contributed by atoms with Gasteiger partial charge in [0.1, 0.15) is 17.7 Å². The van der Waals surface area contributed by atoms with E-state index in [0.29, 0.717) is 23.3 Å². The number of hydrogen-bond acceptors (Lipinski definition) is 4. The highest BCUT2D eigenvalue weighted by atomic mass is 16.5. The standard InChI is InChI=1S/C15H17N3O/c16-8-11-1-2-17-18-15(11)19-14-12-4-9-3-10(6-12)7-13(14)5-9/h1-2,9-10,12-14H,3-7H2. The monoisotopic (exact) mass is 255 g/mol. The van der Waals surface area contributed by atoms with Crippen LogP contribution in [0.4, 0.5) is 0 Å². The Morgan fingerprint density at radius 1 is 1.11 bits per heavy atom. The van der Waals surface area contributed by atoms with E-state index in [1.165, 1.54) is 32.1 Å². The zero-order chi connectivity index (χ0) is 12.8. The van der Waals surface area contributed by atoms with E-state index in [2.05, 4.69) is 16.3 Å². The molecule has 5 rings (SSSR count). The van der Waals surface area contributed by atoms with E-state index >= 15 is 0 Å². The molecular formula is C15H17N3O. The van der Waals surface area contributed by atoms with Gasteiger partial charge in [-0.15, -0.1) is 5.10 Å². The number of nitriles is 1. The maximum atomic E-state index is 9.10. The minimum atomic E-state index is 0.261. The van der Waals surface area contributed by atoms with Crippen molar-refractivity contribution in [3.8, 4) is 11.9 Å². The molecule has 0 unspecified atom stereocenters. The summed E-state index contributed by atoms with van der Waals surface area (Å²) >= 11 is 0. The largest absolute Gasteiger partial charge is 0.472 e. The van der Waals surface area contributed by atoms with Crippen LogP contribution in [0.3, 0.4) is 0 Å². The fourth-order valence-electron chi connectivity index (χ4n) is 4.69. The van der Waals surface area contributed by atoms with Crippen molar-refractivity contribution < 1.29 is 4.74 Å². The van der Waals surface area contributed by atoms with E-state index in [4.69, 9.17) is 10.00 Å². The van der Waals surface area contributed by atoms with Gasteiger partial charge in [-0.25, -0.2) is 0 Å². The molecule has 1 aromatic rings. The van der Waals surface area contributed by atoms with Crippen LogP contribution in [0.25, 0.3) is 0 Å². The van der Waals surface area contributed by atoms with Crippen molar-refractivity contribution in [2.75, 3.05) is 0 Å². The molecule has 98 valence electrons. The molecule has 4 aliphatic rings. The van der Waals surface area contributed by atoms with Crippen molar-refractivity contribution in [2.45, 2.75) is 38.2 Å². The van der Waals surface area contributed by atoms with Crippen LogP contribution >= 0.6 is 0 Å². The molecule has 4 heteroatoms. The van der Waals surface area contributed by atoms with Gasteiger partial charge in [0, 0.05) is 0 Å². The van der Waals surface area contributed by atoms with Gasteiger partial charge in [0.2, 0.25) is 0 Å². The van der Waals surface area contributed by atoms with Crippen molar-refractivity contribution in [3.63, 3.8) is 0 Å². The molecule has 0 saturated heterocycles. The Morgan fingerprint density at radius 3 is 2.42 bits per heavy atom. The molecule has 0 N–H and O–H groups in total. The molecule has 1 heterocycles. The summed E-state index contributed by atoms with van der Waals surface area (Å²) in [5.74, 6) is 3.64. The second-order valence-electron chi connectivity index (χ2n) is 6.38. The van der Waals surface area contributed by atoms with E-state index in [-0.39, 0.29) is 6.10 Å². The summed E-state index contributed by atoms with van der Waals surface area (Å²) in [5, 5.41) is 17.0. The second-order valence-corrected chi connectivity index (χ2v) is 6.38. The van der Waals surface area contributed by atoms with Gasteiger partial charge in [-0.05, 0) is 61.8 Å². The molecule has 4 bridgehead atoms. The third-order valence-electron chi connectivity index (χ3n) is 5.20. The molecule has 4 saturated carbocycles. The fourth-order valence-corrected chi connectivity index (χ4v) is 4.69. The lowest BCUT2D eigenvalue weighted by Crippen LogP contribution is -2.50. The number of aromatic nitrogens is 2. The first-order chi connectivity index (χ1) is 9.33. The van der Waals surface area contributed by atoms with Crippen molar-refractivity contribution in [1.29, 1.82) is 5.26 Å². The zero-order valence-electron chi connectivity index (χ0n) is 10.8. The predicted molar refractivity (Wildman–Crippen MR) is 68.2 cm³/mol. The third-order valence-corrected chi connectivity index (χ3v) is 5.20. The maximum Gasteiger partial charge on any atom is 0.251 e. The average Bonchev–Trinajstić information content (AvgIpc) is 2.42. The lowest BCUT2D eigenvalue weighted by Gasteiger charge is -2.53. The lowest BCUT2D eigenvalue weighted by atomic mass is 9.55. The smallest absolute Gasteiger partial charge is 0.251 e. The van der Waals surface area contributed by atoms with Gasteiger partial charge in [-0.1, -0.05) is 0 Å². The van der Waals surface area contributed by atoms with Gasteiger partial charge >= 0.3 is 0 Å². The minimum Gasteiger partial charge on any atom is -0.472 e. The summed E-state index contributed by atoms with van der Waals surface area (Å²) in [5.41, 5.74) is 0.504.